The fourth-order valence-corrected chi connectivity index (χ4v) is 4.74. The van der Waals surface area contributed by atoms with E-state index in [0.29, 0.717) is 12.2 Å². The first-order chi connectivity index (χ1) is 13.6. The zero-order valence-corrected chi connectivity index (χ0v) is 16.6. The molecule has 0 saturated heterocycles. The van der Waals surface area contributed by atoms with Gasteiger partial charge in [-0.25, -0.2) is 14.4 Å². The molecule has 0 atom stereocenters. The maximum Gasteiger partial charge on any atom is 0.158 e. The van der Waals surface area contributed by atoms with E-state index >= 15 is 0 Å². The van der Waals surface area contributed by atoms with Crippen LogP contribution in [0.5, 0.6) is 0 Å². The number of hydrogen-bond acceptors (Lipinski definition) is 7. The second-order valence-corrected chi connectivity index (χ2v) is 8.53. The molecule has 8 heteroatoms. The number of aromatic nitrogens is 2. The smallest absolute Gasteiger partial charge is 0.158 e. The van der Waals surface area contributed by atoms with Gasteiger partial charge in [0, 0.05) is 16.2 Å². The third-order valence-corrected chi connectivity index (χ3v) is 6.39. The molecule has 5 nitrogen and oxygen atoms in total. The maximum atomic E-state index is 13.1. The van der Waals surface area contributed by atoms with E-state index in [-0.39, 0.29) is 12.4 Å². The van der Waals surface area contributed by atoms with Gasteiger partial charge in [0.2, 0.25) is 0 Å². The summed E-state index contributed by atoms with van der Waals surface area (Å²) < 4.78 is 13.1. The van der Waals surface area contributed by atoms with E-state index in [4.69, 9.17) is 0 Å². The van der Waals surface area contributed by atoms with E-state index in [0.717, 1.165) is 36.0 Å². The van der Waals surface area contributed by atoms with E-state index in [1.54, 1.807) is 29.7 Å². The zero-order valence-electron chi connectivity index (χ0n) is 15.0. The van der Waals surface area contributed by atoms with Crippen LogP contribution in [0.15, 0.2) is 47.8 Å². The molecule has 0 fully saturated rings. The van der Waals surface area contributed by atoms with E-state index in [1.165, 1.54) is 29.8 Å². The van der Waals surface area contributed by atoms with Gasteiger partial charge in [-0.2, -0.15) is 5.10 Å². The Morgan fingerprint density at radius 1 is 1.14 bits per heavy atom. The van der Waals surface area contributed by atoms with Crippen molar-refractivity contribution in [3.8, 4) is 0 Å². The number of aliphatic hydroxyl groups excluding tert-OH is 1. The van der Waals surface area contributed by atoms with Crippen LogP contribution >= 0.6 is 22.7 Å². The van der Waals surface area contributed by atoms with Crippen LogP contribution in [-0.2, 0) is 13.0 Å². The van der Waals surface area contributed by atoms with Crippen molar-refractivity contribution < 1.29 is 9.50 Å². The quantitative estimate of drug-likeness (QED) is 0.355. The fraction of sp³-hybridized carbons (Fsp3) is 0.150. The molecule has 28 heavy (non-hydrogen) atoms. The molecular formula is C20H17FN4OS2. The molecule has 1 aromatic carbocycles. The first-order valence-corrected chi connectivity index (χ1v) is 10.2. The predicted molar refractivity (Wildman–Crippen MR) is 113 cm³/mol. The molecule has 0 spiro atoms. The van der Waals surface area contributed by atoms with Crippen LogP contribution in [0.1, 0.15) is 25.8 Å². The Morgan fingerprint density at radius 2 is 1.96 bits per heavy atom. The SMILES string of the molecule is Cc1cc(CO)sc1/C=N/Nc1ncnc2sc(Cc3ccc(F)cc3)cc12. The van der Waals surface area contributed by atoms with Crippen molar-refractivity contribution in [2.45, 2.75) is 20.0 Å². The Hall–Kier alpha value is -2.68. The van der Waals surface area contributed by atoms with E-state index in [2.05, 4.69) is 20.5 Å². The second kappa shape index (κ2) is 8.14. The first kappa shape index (κ1) is 18.7. The van der Waals surface area contributed by atoms with Crippen LogP contribution in [-0.4, -0.2) is 21.3 Å². The van der Waals surface area contributed by atoms with Crippen LogP contribution in [0.25, 0.3) is 10.2 Å². The van der Waals surface area contributed by atoms with Crippen LogP contribution in [0, 0.1) is 12.7 Å². The topological polar surface area (TPSA) is 70.4 Å². The summed E-state index contributed by atoms with van der Waals surface area (Å²) in [4.78, 5) is 12.5. The summed E-state index contributed by atoms with van der Waals surface area (Å²) in [6.07, 6.45) is 3.96. The number of aryl methyl sites for hydroxylation is 1. The van der Waals surface area contributed by atoms with Crippen LogP contribution in [0.4, 0.5) is 10.2 Å². The van der Waals surface area contributed by atoms with Gasteiger partial charge in [0.15, 0.2) is 5.82 Å². The average molecular weight is 413 g/mol. The molecule has 0 radical (unpaired) electrons. The molecule has 4 rings (SSSR count). The van der Waals surface area contributed by atoms with Crippen LogP contribution in [0.2, 0.25) is 0 Å². The molecule has 0 unspecified atom stereocenters. The van der Waals surface area contributed by atoms with Gasteiger partial charge in [-0.15, -0.1) is 22.7 Å². The molecular weight excluding hydrogens is 395 g/mol. The summed E-state index contributed by atoms with van der Waals surface area (Å²) in [6.45, 7) is 2.02. The number of thiophene rings is 2. The van der Waals surface area contributed by atoms with Gasteiger partial charge in [0.1, 0.15) is 17.0 Å². The summed E-state index contributed by atoms with van der Waals surface area (Å²) >= 11 is 3.09. The van der Waals surface area contributed by atoms with E-state index in [1.807, 2.05) is 19.1 Å². The number of hydrogen-bond donors (Lipinski definition) is 2. The number of rotatable bonds is 6. The minimum atomic E-state index is -0.234. The number of anilines is 1. The Balaban J connectivity index is 1.54. The molecule has 4 aromatic rings. The lowest BCUT2D eigenvalue weighted by Gasteiger charge is -1.99. The number of fused-ring (bicyclic) bond motifs is 1. The molecule has 3 heterocycles. The molecule has 0 saturated carbocycles. The van der Waals surface area contributed by atoms with Crippen molar-refractivity contribution in [2.24, 2.45) is 5.10 Å². The van der Waals surface area contributed by atoms with Crippen LogP contribution < -0.4 is 5.43 Å². The highest BCUT2D eigenvalue weighted by molar-refractivity contribution is 7.18. The Bertz CT molecular complexity index is 1140. The largest absolute Gasteiger partial charge is 0.391 e. The van der Waals surface area contributed by atoms with Gasteiger partial charge in [0.25, 0.3) is 0 Å². The molecule has 3 aromatic heterocycles. The van der Waals surface area contributed by atoms with Gasteiger partial charge in [-0.3, -0.25) is 5.43 Å². The Kier molecular flexibility index (Phi) is 5.43. The normalized spacial score (nSPS) is 11.5. The Morgan fingerprint density at radius 3 is 2.71 bits per heavy atom. The molecule has 0 aliphatic carbocycles. The zero-order chi connectivity index (χ0) is 19.5. The van der Waals surface area contributed by atoms with E-state index < -0.39 is 0 Å². The summed E-state index contributed by atoms with van der Waals surface area (Å²) in [5.41, 5.74) is 5.11. The minimum absolute atomic E-state index is 0.0328. The van der Waals surface area contributed by atoms with E-state index in [9.17, 15) is 9.50 Å². The van der Waals surface area contributed by atoms with Crippen molar-refractivity contribution in [1.29, 1.82) is 0 Å². The maximum absolute atomic E-state index is 13.1. The number of halogens is 1. The van der Waals surface area contributed by atoms with Crippen molar-refractivity contribution in [3.05, 3.63) is 74.3 Å². The highest BCUT2D eigenvalue weighted by Crippen LogP contribution is 2.30. The van der Waals surface area contributed by atoms with Crippen molar-refractivity contribution in [1.82, 2.24) is 9.97 Å². The lowest BCUT2D eigenvalue weighted by Crippen LogP contribution is -1.94. The molecule has 0 aliphatic rings. The number of benzene rings is 1. The average Bonchev–Trinajstić information content (AvgIpc) is 3.27. The van der Waals surface area contributed by atoms with Crippen molar-refractivity contribution in [2.75, 3.05) is 5.43 Å². The lowest BCUT2D eigenvalue weighted by atomic mass is 10.1. The molecule has 0 bridgehead atoms. The standard InChI is InChI=1S/C20H17FN4OS2/c1-12-6-16(10-26)27-18(12)9-24-25-19-17-8-15(28-20(17)23-11-22-19)7-13-2-4-14(21)5-3-13/h2-6,8-9,11,26H,7,10H2,1H3,(H,22,23,25)/b24-9+. The van der Waals surface area contributed by atoms with Gasteiger partial charge < -0.3 is 5.11 Å². The number of hydrazone groups is 1. The Labute approximate surface area is 169 Å². The highest BCUT2D eigenvalue weighted by atomic mass is 32.1. The van der Waals surface area contributed by atoms with Gasteiger partial charge in [0.05, 0.1) is 23.1 Å². The second-order valence-electron chi connectivity index (χ2n) is 6.25. The number of aliphatic hydroxyl groups is 1. The number of nitrogens with zero attached hydrogens (tertiary/aromatic N) is 3. The summed E-state index contributed by atoms with van der Waals surface area (Å²) in [5.74, 6) is 0.404. The lowest BCUT2D eigenvalue weighted by molar-refractivity contribution is 0.285. The van der Waals surface area contributed by atoms with Gasteiger partial charge >= 0.3 is 0 Å². The molecule has 142 valence electrons. The first-order valence-electron chi connectivity index (χ1n) is 8.59. The molecule has 0 aliphatic heterocycles. The summed E-state index contributed by atoms with van der Waals surface area (Å²) in [6, 6.07) is 10.5. The van der Waals surface area contributed by atoms with Gasteiger partial charge in [-0.05, 0) is 42.3 Å². The summed E-state index contributed by atoms with van der Waals surface area (Å²) in [7, 11) is 0. The fourth-order valence-electron chi connectivity index (χ4n) is 2.81. The number of nitrogens with one attached hydrogen (secondary N) is 1. The predicted octanol–water partition coefficient (Wildman–Crippen LogP) is 4.73. The third kappa shape index (κ3) is 4.09. The van der Waals surface area contributed by atoms with Crippen molar-refractivity contribution >= 4 is 44.9 Å². The highest BCUT2D eigenvalue weighted by Gasteiger charge is 2.09. The summed E-state index contributed by atoms with van der Waals surface area (Å²) in [5, 5.41) is 14.4. The molecule has 0 amide bonds. The minimum Gasteiger partial charge on any atom is -0.391 e. The third-order valence-electron chi connectivity index (χ3n) is 4.19. The monoisotopic (exact) mass is 412 g/mol. The van der Waals surface area contributed by atoms with Crippen LogP contribution in [0.3, 0.4) is 0 Å². The van der Waals surface area contributed by atoms with Gasteiger partial charge in [-0.1, -0.05) is 12.1 Å². The molecule has 2 N–H and O–H groups in total. The van der Waals surface area contributed by atoms with Crippen molar-refractivity contribution in [3.63, 3.8) is 0 Å².